The number of carbonyl (C=O) groups is 4. The molecule has 0 aromatic carbocycles. The van der Waals surface area contributed by atoms with Crippen LogP contribution in [0, 0.1) is 0 Å². The fraction of sp³-hybridized carbons (Fsp3) is 0.655. The summed E-state index contributed by atoms with van der Waals surface area (Å²) in [5.74, 6) is -2.37. The van der Waals surface area contributed by atoms with Crippen molar-refractivity contribution >= 4 is 39.5 Å². The van der Waals surface area contributed by atoms with Gasteiger partial charge in [-0.05, 0) is 154 Å². The third kappa shape index (κ3) is 76.9. The topological polar surface area (TPSA) is 237 Å². The highest BCUT2D eigenvalue weighted by Gasteiger charge is 2.30. The van der Waals surface area contributed by atoms with Crippen LogP contribution >= 0.6 is 15.6 Å². The second-order valence-corrected chi connectivity index (χ2v) is 29.5. The molecule has 5 atom stereocenters. The molecule has 5 unspecified atom stereocenters. The van der Waals surface area contributed by atoms with Gasteiger partial charge >= 0.3 is 39.5 Å². The lowest BCUT2D eigenvalue weighted by Gasteiger charge is -2.21. The molecule has 19 heteroatoms. The van der Waals surface area contributed by atoms with Gasteiger partial charge in [0.05, 0.1) is 32.8 Å². The summed E-state index contributed by atoms with van der Waals surface area (Å²) >= 11 is 0. The number of aliphatic hydroxyl groups excluding tert-OH is 1. The van der Waals surface area contributed by atoms with E-state index in [1.807, 2.05) is 12.2 Å². The van der Waals surface area contributed by atoms with Crippen molar-refractivity contribution in [3.63, 3.8) is 0 Å². The molecule has 0 fully saturated rings. The van der Waals surface area contributed by atoms with Crippen molar-refractivity contribution in [2.45, 2.75) is 329 Å². The van der Waals surface area contributed by atoms with Crippen LogP contribution in [0.2, 0.25) is 0 Å². The van der Waals surface area contributed by atoms with Crippen LogP contribution in [0.1, 0.15) is 310 Å². The number of unbranched alkanes of at least 4 members (excludes halogenated alkanes) is 24. The van der Waals surface area contributed by atoms with Crippen LogP contribution in [-0.4, -0.2) is 96.7 Å². The number of allylic oxidation sites excluding steroid dienone is 25. The Labute approximate surface area is 642 Å². The number of phosphoric acid groups is 2. The lowest BCUT2D eigenvalue weighted by Crippen LogP contribution is -2.30. The molecule has 0 aliphatic heterocycles. The van der Waals surface area contributed by atoms with E-state index in [-0.39, 0.29) is 25.7 Å². The Morgan fingerprint density at radius 3 is 0.840 bits per heavy atom. The van der Waals surface area contributed by atoms with Crippen LogP contribution in [0.4, 0.5) is 0 Å². The van der Waals surface area contributed by atoms with E-state index < -0.39 is 97.5 Å². The van der Waals surface area contributed by atoms with Gasteiger partial charge < -0.3 is 33.8 Å². The average Bonchev–Trinajstić information content (AvgIpc) is 0.902. The molecule has 0 aromatic rings. The van der Waals surface area contributed by atoms with E-state index in [1.54, 1.807) is 12.2 Å². The van der Waals surface area contributed by atoms with Crippen molar-refractivity contribution in [2.24, 2.45) is 0 Å². The van der Waals surface area contributed by atoms with Crippen molar-refractivity contribution in [2.75, 3.05) is 39.6 Å². The first-order chi connectivity index (χ1) is 51.7. The van der Waals surface area contributed by atoms with E-state index in [0.29, 0.717) is 25.7 Å². The van der Waals surface area contributed by atoms with E-state index in [4.69, 9.17) is 37.0 Å². The Kier molecular flexibility index (Phi) is 73.9. The van der Waals surface area contributed by atoms with Gasteiger partial charge in [0.15, 0.2) is 12.2 Å². The highest BCUT2D eigenvalue weighted by molar-refractivity contribution is 7.47. The second kappa shape index (κ2) is 77.8. The SMILES string of the molecule is CC/C=C\C/C=C\C/C=C\C/C=C\C/C=C\CC(=O)OC(COC(=O)CCCCCCCCC/C=C\C/C=C\C/C=C\CC)COP(=O)(O)OCC(O)COP(=O)(O)OCC(COC(=O)CCCCCCCC/C=C\C/C=C\C/C=C\CCCCC)OC(=O)CCCCCCC/C=C\C/C=C\CCCCC. The van der Waals surface area contributed by atoms with Crippen LogP contribution in [0.15, 0.2) is 158 Å². The molecule has 106 heavy (non-hydrogen) atoms. The van der Waals surface area contributed by atoms with Gasteiger partial charge in [0, 0.05) is 19.3 Å². The number of aliphatic hydroxyl groups is 1. The molecule has 0 bridgehead atoms. The van der Waals surface area contributed by atoms with Gasteiger partial charge in [0.2, 0.25) is 0 Å². The quantitative estimate of drug-likeness (QED) is 0.0169. The van der Waals surface area contributed by atoms with Gasteiger partial charge in [-0.3, -0.25) is 37.3 Å². The first kappa shape index (κ1) is 101. The third-order valence-corrected chi connectivity index (χ3v) is 18.4. The lowest BCUT2D eigenvalue weighted by atomic mass is 10.1. The molecule has 0 spiro atoms. The Morgan fingerprint density at radius 2 is 0.528 bits per heavy atom. The van der Waals surface area contributed by atoms with Gasteiger partial charge in [-0.15, -0.1) is 0 Å². The Morgan fingerprint density at radius 1 is 0.283 bits per heavy atom. The van der Waals surface area contributed by atoms with Crippen molar-refractivity contribution in [1.29, 1.82) is 0 Å². The first-order valence-electron chi connectivity index (χ1n) is 40.7. The normalized spacial score (nSPS) is 14.7. The molecule has 0 saturated heterocycles. The molecule has 0 aromatic heterocycles. The lowest BCUT2D eigenvalue weighted by molar-refractivity contribution is -0.161. The molecule has 17 nitrogen and oxygen atoms in total. The highest BCUT2D eigenvalue weighted by atomic mass is 31.2. The number of rotatable bonds is 75. The molecule has 0 heterocycles. The summed E-state index contributed by atoms with van der Waals surface area (Å²) in [5.41, 5.74) is 0. The second-order valence-electron chi connectivity index (χ2n) is 26.6. The zero-order chi connectivity index (χ0) is 77.4. The summed E-state index contributed by atoms with van der Waals surface area (Å²) in [5, 5.41) is 10.6. The number of hydrogen-bond donors (Lipinski definition) is 3. The Balaban J connectivity index is 5.45. The smallest absolute Gasteiger partial charge is 0.462 e. The first-order valence-corrected chi connectivity index (χ1v) is 43.7. The van der Waals surface area contributed by atoms with E-state index >= 15 is 0 Å². The van der Waals surface area contributed by atoms with Crippen LogP contribution in [0.3, 0.4) is 0 Å². The van der Waals surface area contributed by atoms with Crippen molar-refractivity contribution in [3.05, 3.63) is 158 Å². The number of ether oxygens (including phenoxy) is 4. The predicted molar refractivity (Wildman–Crippen MR) is 436 cm³/mol. The van der Waals surface area contributed by atoms with Crippen LogP contribution < -0.4 is 0 Å². The average molecular weight is 1520 g/mol. The van der Waals surface area contributed by atoms with Gasteiger partial charge in [-0.2, -0.15) is 0 Å². The number of hydrogen-bond acceptors (Lipinski definition) is 15. The van der Waals surface area contributed by atoms with Crippen LogP contribution in [0.25, 0.3) is 0 Å². The largest absolute Gasteiger partial charge is 0.472 e. The Bertz CT molecular complexity index is 2630. The monoisotopic (exact) mass is 1520 g/mol. The maximum absolute atomic E-state index is 13.1. The van der Waals surface area contributed by atoms with Gasteiger partial charge in [0.1, 0.15) is 19.3 Å². The number of carbonyl (C=O) groups excluding carboxylic acids is 4. The molecule has 604 valence electrons. The molecular formula is C87H144O17P2. The van der Waals surface area contributed by atoms with Gasteiger partial charge in [-0.1, -0.05) is 288 Å². The summed E-state index contributed by atoms with van der Waals surface area (Å²) in [6.07, 6.45) is 91.0. The number of phosphoric ester groups is 2. The van der Waals surface area contributed by atoms with Gasteiger partial charge in [-0.25, -0.2) is 9.13 Å². The molecule has 0 amide bonds. The van der Waals surface area contributed by atoms with Crippen LogP contribution in [0.5, 0.6) is 0 Å². The maximum atomic E-state index is 13.1. The fourth-order valence-corrected chi connectivity index (χ4v) is 11.9. The standard InChI is InChI=1S/C87H144O17P2/c1-5-9-13-17-21-25-29-33-37-39-40-42-46-48-52-56-60-64-68-72-85(90)98-78-83(104-87(92)74-70-66-62-58-54-50-44-36-32-28-24-20-16-12-8-4)80-102-106(95,96)100-76-81(88)75-99-105(93,94)101-79-82(103-86(91)73-69-65-61-57-53-49-43-35-31-27-23-19-15-11-7-3)77-97-84(89)71-67-63-59-55-51-47-45-41-38-34-30-26-22-18-14-10-6-2/h10-11,14-15,21-28,33-38,40,42-44,53,57,65,69,81-83,88H,5-9,12-13,16-20,29-32,39,41,45-52,54-56,58-64,66-68,70-80H2,1-4H3,(H,93,94)(H,95,96)/b14-10-,15-11-,25-21-,26-22-,27-23-,28-24-,37-33-,38-34-,42-40-,43-35-,44-36-,57-53-,69-65-. The minimum atomic E-state index is -5.01. The third-order valence-electron chi connectivity index (χ3n) is 16.5. The predicted octanol–water partition coefficient (Wildman–Crippen LogP) is 24.0. The maximum Gasteiger partial charge on any atom is 0.472 e. The summed E-state index contributed by atoms with van der Waals surface area (Å²) in [4.78, 5) is 73.0. The van der Waals surface area contributed by atoms with Gasteiger partial charge in [0.25, 0.3) is 0 Å². The highest BCUT2D eigenvalue weighted by Crippen LogP contribution is 2.45. The summed E-state index contributed by atoms with van der Waals surface area (Å²) in [7, 11) is -10.0. The fourth-order valence-electron chi connectivity index (χ4n) is 10.3. The molecule has 0 rings (SSSR count). The van der Waals surface area contributed by atoms with Crippen molar-refractivity contribution in [1.82, 2.24) is 0 Å². The van der Waals surface area contributed by atoms with Crippen molar-refractivity contribution in [3.8, 4) is 0 Å². The molecule has 0 saturated carbocycles. The van der Waals surface area contributed by atoms with E-state index in [0.717, 1.165) is 193 Å². The molecule has 0 radical (unpaired) electrons. The zero-order valence-corrected chi connectivity index (χ0v) is 67.8. The minimum Gasteiger partial charge on any atom is -0.462 e. The van der Waals surface area contributed by atoms with Crippen LogP contribution in [-0.2, 0) is 65.4 Å². The zero-order valence-electron chi connectivity index (χ0n) is 66.1. The molecule has 3 N–H and O–H groups in total. The number of esters is 4. The summed E-state index contributed by atoms with van der Waals surface area (Å²) in [6, 6.07) is 0. The molecule has 0 aliphatic rings. The summed E-state index contributed by atoms with van der Waals surface area (Å²) < 4.78 is 68.5. The van der Waals surface area contributed by atoms with Crippen molar-refractivity contribution < 1.29 is 80.2 Å². The molecular weight excluding hydrogens is 1380 g/mol. The van der Waals surface area contributed by atoms with E-state index in [1.165, 1.54) is 38.5 Å². The molecule has 0 aliphatic carbocycles. The van der Waals surface area contributed by atoms with E-state index in [9.17, 15) is 43.2 Å². The van der Waals surface area contributed by atoms with E-state index in [2.05, 4.69) is 161 Å². The minimum absolute atomic E-state index is 0.0691. The summed E-state index contributed by atoms with van der Waals surface area (Å²) in [6.45, 7) is 4.44. The Hall–Kier alpha value is -5.32.